The van der Waals surface area contributed by atoms with Gasteiger partial charge in [0.1, 0.15) is 43.9 Å². The van der Waals surface area contributed by atoms with Gasteiger partial charge in [-0.2, -0.15) is 0 Å². The molecule has 0 unspecified atom stereocenters. The lowest BCUT2D eigenvalue weighted by atomic mass is 10.0. The van der Waals surface area contributed by atoms with Crippen LogP contribution >= 0.6 is 0 Å². The average Bonchev–Trinajstić information content (AvgIpc) is 2.39. The number of aldehydes is 1. The average molecular weight is 279 g/mol. The number of carbonyl (C=O) groups excluding carboxylic acids is 3. The molecule has 0 bridgehead atoms. The van der Waals surface area contributed by atoms with Crippen molar-refractivity contribution in [3.8, 4) is 0 Å². The normalized spacial score (nSPS) is 16.9. The number of rotatable bonds is 8. The van der Waals surface area contributed by atoms with Crippen molar-refractivity contribution in [1.29, 1.82) is 0 Å². The Morgan fingerprint density at radius 2 is 1.84 bits per heavy atom. The Morgan fingerprint density at radius 1 is 1.26 bits per heavy atom. The standard InChI is InChI=1S/C10H17NO8/c1-5(14)19-4-7(15)10(18)9(17)6(2-12)11-8(16)3-13/h2,6-7,9-10,13,15,17-18H,3-4H2,1H3,(H,11,16)/t6-,7-,9-,10-/m1/s1. The van der Waals surface area contributed by atoms with Crippen molar-refractivity contribution in [2.24, 2.45) is 0 Å². The smallest absolute Gasteiger partial charge is 0.302 e. The molecule has 0 saturated carbocycles. The zero-order valence-corrected chi connectivity index (χ0v) is 10.2. The van der Waals surface area contributed by atoms with E-state index in [-0.39, 0.29) is 6.29 Å². The predicted octanol–water partition coefficient (Wildman–Crippen LogP) is -3.69. The zero-order chi connectivity index (χ0) is 15.0. The third-order valence-electron chi connectivity index (χ3n) is 2.19. The van der Waals surface area contributed by atoms with Crippen LogP contribution in [0.25, 0.3) is 0 Å². The van der Waals surface area contributed by atoms with E-state index in [0.717, 1.165) is 6.92 Å². The van der Waals surface area contributed by atoms with Gasteiger partial charge in [-0.3, -0.25) is 9.59 Å². The van der Waals surface area contributed by atoms with Crippen LogP contribution < -0.4 is 5.32 Å². The lowest BCUT2D eigenvalue weighted by molar-refractivity contribution is -0.150. The molecule has 0 aliphatic rings. The summed E-state index contributed by atoms with van der Waals surface area (Å²) >= 11 is 0. The second-order valence-electron chi connectivity index (χ2n) is 3.74. The molecule has 1 amide bonds. The number of nitrogens with one attached hydrogen (secondary N) is 1. The first-order valence-corrected chi connectivity index (χ1v) is 5.36. The molecule has 0 spiro atoms. The maximum absolute atomic E-state index is 10.8. The molecule has 0 aliphatic heterocycles. The molecule has 110 valence electrons. The minimum absolute atomic E-state index is 0.139. The van der Waals surface area contributed by atoms with Crippen molar-refractivity contribution in [1.82, 2.24) is 5.32 Å². The lowest BCUT2D eigenvalue weighted by Gasteiger charge is -2.26. The molecule has 0 radical (unpaired) electrons. The summed E-state index contributed by atoms with van der Waals surface area (Å²) in [5.74, 6) is -1.63. The van der Waals surface area contributed by atoms with Crippen LogP contribution in [0, 0.1) is 0 Å². The van der Waals surface area contributed by atoms with Gasteiger partial charge in [-0.05, 0) is 0 Å². The fraction of sp³-hybridized carbons (Fsp3) is 0.700. The number of aliphatic hydroxyl groups is 4. The minimum atomic E-state index is -1.83. The van der Waals surface area contributed by atoms with E-state index in [4.69, 9.17) is 5.11 Å². The van der Waals surface area contributed by atoms with Crippen LogP contribution in [0.1, 0.15) is 6.92 Å². The molecular formula is C10H17NO8. The molecule has 0 aromatic carbocycles. The van der Waals surface area contributed by atoms with Gasteiger partial charge in [-0.15, -0.1) is 0 Å². The summed E-state index contributed by atoms with van der Waals surface area (Å²) in [6, 6.07) is -1.51. The molecular weight excluding hydrogens is 262 g/mol. The van der Waals surface area contributed by atoms with Gasteiger partial charge in [0.2, 0.25) is 5.91 Å². The third kappa shape index (κ3) is 6.25. The Morgan fingerprint density at radius 3 is 2.26 bits per heavy atom. The Bertz CT molecular complexity index is 321. The van der Waals surface area contributed by atoms with Crippen LogP contribution in [-0.4, -0.2) is 76.2 Å². The molecule has 0 aliphatic carbocycles. The Balaban J connectivity index is 4.48. The van der Waals surface area contributed by atoms with E-state index < -0.39 is 49.4 Å². The number of carbonyl (C=O) groups is 3. The van der Waals surface area contributed by atoms with E-state index in [1.807, 2.05) is 5.32 Å². The Kier molecular flexibility index (Phi) is 7.84. The summed E-state index contributed by atoms with van der Waals surface area (Å²) < 4.78 is 4.41. The molecule has 4 atom stereocenters. The van der Waals surface area contributed by atoms with Gasteiger partial charge in [0.15, 0.2) is 0 Å². The fourth-order valence-corrected chi connectivity index (χ4v) is 1.17. The molecule has 9 nitrogen and oxygen atoms in total. The van der Waals surface area contributed by atoms with E-state index >= 15 is 0 Å². The molecule has 0 saturated heterocycles. The van der Waals surface area contributed by atoms with Crippen molar-refractivity contribution in [2.45, 2.75) is 31.3 Å². The second-order valence-corrected chi connectivity index (χ2v) is 3.74. The van der Waals surface area contributed by atoms with Crippen molar-refractivity contribution >= 4 is 18.2 Å². The Labute approximate surface area is 108 Å². The summed E-state index contributed by atoms with van der Waals surface area (Å²) in [5, 5.41) is 38.9. The molecule has 9 heteroatoms. The van der Waals surface area contributed by atoms with Gasteiger partial charge < -0.3 is 35.3 Å². The van der Waals surface area contributed by atoms with E-state index in [1.54, 1.807) is 0 Å². The number of ether oxygens (including phenoxy) is 1. The van der Waals surface area contributed by atoms with Crippen LogP contribution in [0.15, 0.2) is 0 Å². The highest BCUT2D eigenvalue weighted by Crippen LogP contribution is 2.05. The monoisotopic (exact) mass is 279 g/mol. The number of hydrogen-bond donors (Lipinski definition) is 5. The van der Waals surface area contributed by atoms with E-state index in [1.165, 1.54) is 0 Å². The maximum atomic E-state index is 10.8. The quantitative estimate of drug-likeness (QED) is 0.225. The summed E-state index contributed by atoms with van der Waals surface area (Å²) in [6.45, 7) is -0.387. The highest BCUT2D eigenvalue weighted by atomic mass is 16.5. The van der Waals surface area contributed by atoms with Gasteiger partial charge in [0.25, 0.3) is 0 Å². The zero-order valence-electron chi connectivity index (χ0n) is 10.2. The van der Waals surface area contributed by atoms with E-state index in [9.17, 15) is 29.7 Å². The van der Waals surface area contributed by atoms with Crippen LogP contribution in [0.5, 0.6) is 0 Å². The van der Waals surface area contributed by atoms with E-state index in [2.05, 4.69) is 4.74 Å². The highest BCUT2D eigenvalue weighted by molar-refractivity contribution is 5.80. The van der Waals surface area contributed by atoms with Crippen molar-refractivity contribution in [3.63, 3.8) is 0 Å². The molecule has 0 rings (SSSR count). The predicted molar refractivity (Wildman–Crippen MR) is 59.7 cm³/mol. The molecule has 0 heterocycles. The summed E-state index contributed by atoms with van der Waals surface area (Å²) in [6.07, 6.45) is -5.14. The largest absolute Gasteiger partial charge is 0.463 e. The summed E-state index contributed by atoms with van der Waals surface area (Å²) in [5.41, 5.74) is 0. The van der Waals surface area contributed by atoms with Crippen molar-refractivity contribution in [2.75, 3.05) is 13.2 Å². The topological polar surface area (TPSA) is 153 Å². The summed E-state index contributed by atoms with van der Waals surface area (Å²) in [7, 11) is 0. The molecule has 19 heavy (non-hydrogen) atoms. The molecule has 0 fully saturated rings. The third-order valence-corrected chi connectivity index (χ3v) is 2.19. The van der Waals surface area contributed by atoms with Crippen LogP contribution in [-0.2, 0) is 19.1 Å². The first-order valence-electron chi connectivity index (χ1n) is 5.36. The van der Waals surface area contributed by atoms with Gasteiger partial charge >= 0.3 is 5.97 Å². The number of hydrogen-bond acceptors (Lipinski definition) is 8. The number of aliphatic hydroxyl groups excluding tert-OH is 4. The number of esters is 1. The maximum Gasteiger partial charge on any atom is 0.302 e. The van der Waals surface area contributed by atoms with E-state index in [0.29, 0.717) is 0 Å². The lowest BCUT2D eigenvalue weighted by Crippen LogP contribution is -2.54. The highest BCUT2D eigenvalue weighted by Gasteiger charge is 2.32. The fourth-order valence-electron chi connectivity index (χ4n) is 1.17. The number of amides is 1. The molecule has 0 aromatic rings. The molecule has 5 N–H and O–H groups in total. The van der Waals surface area contributed by atoms with Crippen LogP contribution in [0.2, 0.25) is 0 Å². The first kappa shape index (κ1) is 17.4. The van der Waals surface area contributed by atoms with Gasteiger partial charge in [0.05, 0.1) is 0 Å². The van der Waals surface area contributed by atoms with Crippen LogP contribution in [0.3, 0.4) is 0 Å². The Hall–Kier alpha value is -1.55. The molecule has 0 aromatic heterocycles. The first-order chi connectivity index (χ1) is 8.83. The van der Waals surface area contributed by atoms with Gasteiger partial charge in [-0.1, -0.05) is 0 Å². The van der Waals surface area contributed by atoms with Crippen molar-refractivity contribution in [3.05, 3.63) is 0 Å². The second kappa shape index (κ2) is 8.53. The minimum Gasteiger partial charge on any atom is -0.463 e. The van der Waals surface area contributed by atoms with Crippen molar-refractivity contribution < 1.29 is 39.5 Å². The summed E-state index contributed by atoms with van der Waals surface area (Å²) in [4.78, 5) is 32.0. The SMILES string of the molecule is CC(=O)OC[C@@H](O)[C@@H](O)[C@H](O)[C@@H](C=O)NC(=O)CO. The van der Waals surface area contributed by atoms with Crippen LogP contribution in [0.4, 0.5) is 0 Å². The van der Waals surface area contributed by atoms with Gasteiger partial charge in [0, 0.05) is 6.92 Å². The van der Waals surface area contributed by atoms with Gasteiger partial charge in [-0.25, -0.2) is 0 Å².